The third-order valence-electron chi connectivity index (χ3n) is 1.90. The third kappa shape index (κ3) is 2.22. The fraction of sp³-hybridized carbons (Fsp3) is 0.375. The highest BCUT2D eigenvalue weighted by molar-refractivity contribution is 5.47. The van der Waals surface area contributed by atoms with Crippen molar-refractivity contribution in [2.45, 2.75) is 13.0 Å². The van der Waals surface area contributed by atoms with E-state index in [1.54, 1.807) is 0 Å². The zero-order valence-corrected chi connectivity index (χ0v) is 8.31. The minimum atomic E-state index is -2.90. The monoisotopic (exact) mass is 233 g/mol. The molecule has 1 heterocycles. The summed E-state index contributed by atoms with van der Waals surface area (Å²) < 4.78 is 29.5. The van der Waals surface area contributed by atoms with Crippen LogP contribution in [0.4, 0.5) is 14.5 Å². The molecule has 0 radical (unpaired) electrons. The van der Waals surface area contributed by atoms with Gasteiger partial charge >= 0.3 is 0 Å². The number of nitro groups is 1. The van der Waals surface area contributed by atoms with E-state index in [0.717, 1.165) is 0 Å². The molecule has 0 atom stereocenters. The lowest BCUT2D eigenvalue weighted by molar-refractivity contribution is -0.385. The number of nitrogens with zero attached hydrogens (tertiary/aromatic N) is 2. The largest absolute Gasteiger partial charge is 0.481 e. The number of aromatic nitrogens is 1. The maximum Gasteiger partial charge on any atom is 0.281 e. The molecule has 0 aliphatic carbocycles. The maximum atomic E-state index is 12.4. The number of hydrogen-bond acceptors (Lipinski definition) is 5. The molecule has 88 valence electrons. The van der Waals surface area contributed by atoms with Gasteiger partial charge in [0.25, 0.3) is 12.1 Å². The second-order valence-corrected chi connectivity index (χ2v) is 2.82. The molecule has 0 aliphatic heterocycles. The van der Waals surface area contributed by atoms with Crippen molar-refractivity contribution in [1.82, 2.24) is 4.98 Å². The van der Waals surface area contributed by atoms with Gasteiger partial charge in [0.15, 0.2) is 0 Å². The zero-order chi connectivity index (χ0) is 12.3. The smallest absolute Gasteiger partial charge is 0.281 e. The van der Waals surface area contributed by atoms with Crippen LogP contribution >= 0.6 is 0 Å². The average molecular weight is 233 g/mol. The first kappa shape index (κ1) is 12.2. The van der Waals surface area contributed by atoms with E-state index >= 15 is 0 Å². The Hall–Kier alpha value is -1.83. The molecule has 1 aromatic rings. The Bertz CT molecular complexity index is 412. The van der Waals surface area contributed by atoms with Crippen LogP contribution in [0.2, 0.25) is 0 Å². The predicted molar refractivity (Wildman–Crippen MR) is 50.3 cm³/mol. The van der Waals surface area contributed by atoms with Gasteiger partial charge in [-0.15, -0.1) is 0 Å². The van der Waals surface area contributed by atoms with Crippen LogP contribution in [0, 0.1) is 10.1 Å². The van der Waals surface area contributed by atoms with Crippen molar-refractivity contribution in [3.63, 3.8) is 0 Å². The van der Waals surface area contributed by atoms with Crippen LogP contribution in [0.5, 0.6) is 5.88 Å². The molecule has 0 amide bonds. The molecular weight excluding hydrogens is 224 g/mol. The van der Waals surface area contributed by atoms with E-state index in [1.165, 1.54) is 7.11 Å². The molecule has 1 rings (SSSR count). The Morgan fingerprint density at radius 1 is 1.69 bits per heavy atom. The van der Waals surface area contributed by atoms with E-state index in [4.69, 9.17) is 5.73 Å². The summed E-state index contributed by atoms with van der Waals surface area (Å²) in [6.07, 6.45) is -2.90. The summed E-state index contributed by atoms with van der Waals surface area (Å²) in [4.78, 5) is 13.3. The van der Waals surface area contributed by atoms with E-state index in [9.17, 15) is 18.9 Å². The van der Waals surface area contributed by atoms with Crippen LogP contribution in [0.1, 0.15) is 17.7 Å². The third-order valence-corrected chi connectivity index (χ3v) is 1.90. The van der Waals surface area contributed by atoms with Gasteiger partial charge in [-0.2, -0.15) is 0 Å². The van der Waals surface area contributed by atoms with Crippen LogP contribution in [0.25, 0.3) is 0 Å². The quantitative estimate of drug-likeness (QED) is 0.626. The first-order valence-corrected chi connectivity index (χ1v) is 4.21. The molecule has 8 heteroatoms. The lowest BCUT2D eigenvalue weighted by Crippen LogP contribution is -2.08. The van der Waals surface area contributed by atoms with Crippen LogP contribution < -0.4 is 10.5 Å². The summed E-state index contributed by atoms with van der Waals surface area (Å²) in [5.74, 6) is -0.244. The minimum absolute atomic E-state index is 0.00287. The first-order valence-electron chi connectivity index (χ1n) is 4.21. The second kappa shape index (κ2) is 4.79. The maximum absolute atomic E-state index is 12.4. The Balaban J connectivity index is 3.43. The summed E-state index contributed by atoms with van der Waals surface area (Å²) in [6, 6.07) is 0.704. The molecule has 6 nitrogen and oxygen atoms in total. The van der Waals surface area contributed by atoms with Gasteiger partial charge in [-0.3, -0.25) is 10.1 Å². The summed E-state index contributed by atoms with van der Waals surface area (Å²) in [6.45, 7) is -0.212. The molecule has 0 spiro atoms. The molecule has 0 aliphatic rings. The SMILES string of the molecule is COc1nc(C(F)F)cc([N+](=O)[O-])c1CN. The van der Waals surface area contributed by atoms with Gasteiger partial charge in [0, 0.05) is 12.6 Å². The van der Waals surface area contributed by atoms with E-state index in [0.29, 0.717) is 6.07 Å². The Kier molecular flexibility index (Phi) is 3.67. The van der Waals surface area contributed by atoms with Gasteiger partial charge in [-0.05, 0) is 0 Å². The van der Waals surface area contributed by atoms with Crippen molar-refractivity contribution < 1.29 is 18.4 Å². The summed E-state index contributed by atoms with van der Waals surface area (Å²) in [5, 5.41) is 10.6. The highest BCUT2D eigenvalue weighted by Crippen LogP contribution is 2.30. The summed E-state index contributed by atoms with van der Waals surface area (Å²) in [5.41, 5.74) is 4.06. The molecule has 1 aromatic heterocycles. The number of pyridine rings is 1. The molecule has 0 saturated carbocycles. The molecule has 0 bridgehead atoms. The van der Waals surface area contributed by atoms with Crippen LogP contribution in [-0.2, 0) is 6.54 Å². The van der Waals surface area contributed by atoms with Crippen molar-refractivity contribution in [2.75, 3.05) is 7.11 Å². The molecule has 0 saturated heterocycles. The lowest BCUT2D eigenvalue weighted by Gasteiger charge is -2.08. The standard InChI is InChI=1S/C8H9F2N3O3/c1-16-8-4(3-11)6(13(14)15)2-5(12-8)7(9)10/h2,7H,3,11H2,1H3. The van der Waals surface area contributed by atoms with Gasteiger partial charge in [0.05, 0.1) is 12.0 Å². The predicted octanol–water partition coefficient (Wildman–Crippen LogP) is 1.39. The van der Waals surface area contributed by atoms with E-state index in [-0.39, 0.29) is 18.0 Å². The molecule has 0 unspecified atom stereocenters. The highest BCUT2D eigenvalue weighted by atomic mass is 19.3. The molecule has 0 fully saturated rings. The van der Waals surface area contributed by atoms with Crippen molar-refractivity contribution in [1.29, 1.82) is 0 Å². The summed E-state index contributed by atoms with van der Waals surface area (Å²) in [7, 11) is 1.18. The number of halogens is 2. The molecular formula is C8H9F2N3O3. The molecule has 16 heavy (non-hydrogen) atoms. The fourth-order valence-electron chi connectivity index (χ4n) is 1.19. The Morgan fingerprint density at radius 2 is 2.31 bits per heavy atom. The van der Waals surface area contributed by atoms with Crippen molar-refractivity contribution in [2.24, 2.45) is 5.73 Å². The van der Waals surface area contributed by atoms with Crippen molar-refractivity contribution in [3.05, 3.63) is 27.4 Å². The number of alkyl halides is 2. The highest BCUT2D eigenvalue weighted by Gasteiger charge is 2.23. The molecule has 0 aromatic carbocycles. The zero-order valence-electron chi connectivity index (χ0n) is 8.31. The number of nitrogens with two attached hydrogens (primary N) is 1. The van der Waals surface area contributed by atoms with E-state index < -0.39 is 22.7 Å². The van der Waals surface area contributed by atoms with Crippen LogP contribution in [-0.4, -0.2) is 17.0 Å². The van der Waals surface area contributed by atoms with Gasteiger partial charge in [0.2, 0.25) is 5.88 Å². The lowest BCUT2D eigenvalue weighted by atomic mass is 10.2. The molecule has 2 N–H and O–H groups in total. The number of hydrogen-bond donors (Lipinski definition) is 1. The minimum Gasteiger partial charge on any atom is -0.481 e. The Labute approximate surface area is 89.2 Å². The number of ether oxygens (including phenoxy) is 1. The summed E-state index contributed by atoms with van der Waals surface area (Å²) >= 11 is 0. The van der Waals surface area contributed by atoms with Crippen LogP contribution in [0.3, 0.4) is 0 Å². The number of rotatable bonds is 4. The number of methoxy groups -OCH3 is 1. The average Bonchev–Trinajstić information content (AvgIpc) is 2.26. The van der Waals surface area contributed by atoms with E-state index in [1.807, 2.05) is 0 Å². The topological polar surface area (TPSA) is 91.3 Å². The fourth-order valence-corrected chi connectivity index (χ4v) is 1.19. The second-order valence-electron chi connectivity index (χ2n) is 2.82. The van der Waals surface area contributed by atoms with Gasteiger partial charge < -0.3 is 10.5 Å². The van der Waals surface area contributed by atoms with Crippen molar-refractivity contribution in [3.8, 4) is 5.88 Å². The normalized spacial score (nSPS) is 10.6. The van der Waals surface area contributed by atoms with Gasteiger partial charge in [0.1, 0.15) is 11.3 Å². The van der Waals surface area contributed by atoms with Crippen LogP contribution in [0.15, 0.2) is 6.07 Å². The first-order chi connectivity index (χ1) is 7.51. The van der Waals surface area contributed by atoms with Crippen molar-refractivity contribution >= 4 is 5.69 Å². The Morgan fingerprint density at radius 3 is 2.69 bits per heavy atom. The van der Waals surface area contributed by atoms with Gasteiger partial charge in [-0.1, -0.05) is 0 Å². The van der Waals surface area contributed by atoms with Gasteiger partial charge in [-0.25, -0.2) is 13.8 Å². The van der Waals surface area contributed by atoms with E-state index in [2.05, 4.69) is 9.72 Å².